The molecule has 120 valence electrons. The second-order valence-corrected chi connectivity index (χ2v) is 8.58. The maximum Gasteiger partial charge on any atom is 0.150 e. The molecule has 0 radical (unpaired) electrons. The third-order valence-electron chi connectivity index (χ3n) is 4.25. The van der Waals surface area contributed by atoms with Crippen LogP contribution in [0, 0.1) is 11.3 Å². The van der Waals surface area contributed by atoms with Gasteiger partial charge in [0.2, 0.25) is 0 Å². The predicted octanol–water partition coefficient (Wildman–Crippen LogP) is 2.77. The molecule has 1 aliphatic heterocycles. The van der Waals surface area contributed by atoms with Gasteiger partial charge in [-0.3, -0.25) is 0 Å². The van der Waals surface area contributed by atoms with Crippen LogP contribution < -0.4 is 4.90 Å². The minimum Gasteiger partial charge on any atom is -0.356 e. The first-order chi connectivity index (χ1) is 10.9. The number of nitriles is 1. The van der Waals surface area contributed by atoms with Crippen LogP contribution in [0.4, 0.5) is 5.82 Å². The summed E-state index contributed by atoms with van der Waals surface area (Å²) in [5.74, 6) is 0.711. The minimum absolute atomic E-state index is 0.284. The lowest BCUT2D eigenvalue weighted by molar-refractivity contribution is 0.532. The van der Waals surface area contributed by atoms with E-state index in [0.717, 1.165) is 5.39 Å². The fourth-order valence-electron chi connectivity index (χ4n) is 2.95. The lowest BCUT2D eigenvalue weighted by Gasteiger charge is -2.32. The van der Waals surface area contributed by atoms with Crippen LogP contribution in [0.2, 0.25) is 5.02 Å². The molecular weight excluding hydrogens is 334 g/mol. The zero-order valence-corrected chi connectivity index (χ0v) is 14.2. The zero-order chi connectivity index (χ0) is 16.6. The predicted molar refractivity (Wildman–Crippen MR) is 91.5 cm³/mol. The smallest absolute Gasteiger partial charge is 0.150 e. The van der Waals surface area contributed by atoms with Gasteiger partial charge in [0.1, 0.15) is 15.7 Å². The molecule has 3 rings (SSSR count). The number of sulfone groups is 1. The van der Waals surface area contributed by atoms with Gasteiger partial charge >= 0.3 is 0 Å². The summed E-state index contributed by atoms with van der Waals surface area (Å²) in [4.78, 5) is 6.64. The van der Waals surface area contributed by atoms with Crippen molar-refractivity contribution in [1.82, 2.24) is 4.98 Å². The average molecular weight is 350 g/mol. The molecule has 1 aromatic carbocycles. The maximum absolute atomic E-state index is 11.6. The summed E-state index contributed by atoms with van der Waals surface area (Å²) in [6.45, 7) is 1.24. The molecule has 1 aromatic heterocycles. The molecule has 23 heavy (non-hydrogen) atoms. The second-order valence-electron chi connectivity index (χ2n) is 5.82. The van der Waals surface area contributed by atoms with Crippen molar-refractivity contribution < 1.29 is 8.42 Å². The van der Waals surface area contributed by atoms with E-state index in [2.05, 4.69) is 11.1 Å². The first-order valence-electron chi connectivity index (χ1n) is 7.33. The van der Waals surface area contributed by atoms with Crippen molar-refractivity contribution in [2.24, 2.45) is 0 Å². The Morgan fingerprint density at radius 2 is 2.00 bits per heavy atom. The summed E-state index contributed by atoms with van der Waals surface area (Å²) in [5, 5.41) is 10.4. The monoisotopic (exact) mass is 349 g/mol. The number of aromatic nitrogens is 1. The molecule has 7 heteroatoms. The molecule has 1 saturated heterocycles. The molecule has 2 aromatic rings. The molecule has 0 aliphatic carbocycles. The van der Waals surface area contributed by atoms with Crippen molar-refractivity contribution in [2.45, 2.75) is 18.1 Å². The molecule has 1 fully saturated rings. The van der Waals surface area contributed by atoms with Gasteiger partial charge in [-0.1, -0.05) is 11.6 Å². The quantitative estimate of drug-likeness (QED) is 0.833. The molecule has 0 unspecified atom stereocenters. The van der Waals surface area contributed by atoms with Crippen LogP contribution in [-0.2, 0) is 9.84 Å². The van der Waals surface area contributed by atoms with Crippen LogP contribution in [-0.4, -0.2) is 38.0 Å². The first-order valence-corrected chi connectivity index (χ1v) is 9.66. The number of nitrogens with zero attached hydrogens (tertiary/aromatic N) is 3. The number of anilines is 1. The minimum atomic E-state index is -3.00. The van der Waals surface area contributed by atoms with Gasteiger partial charge in [0.25, 0.3) is 0 Å². The molecule has 0 spiro atoms. The Balaban J connectivity index is 1.93. The highest BCUT2D eigenvalue weighted by molar-refractivity contribution is 7.91. The van der Waals surface area contributed by atoms with Crippen LogP contribution in [0.25, 0.3) is 10.9 Å². The summed E-state index contributed by atoms with van der Waals surface area (Å²) in [5.41, 5.74) is 1.24. The highest BCUT2D eigenvalue weighted by Crippen LogP contribution is 2.27. The van der Waals surface area contributed by atoms with Gasteiger partial charge in [0.15, 0.2) is 0 Å². The van der Waals surface area contributed by atoms with E-state index >= 15 is 0 Å². The summed E-state index contributed by atoms with van der Waals surface area (Å²) in [7, 11) is -3.00. The lowest BCUT2D eigenvalue weighted by atomic mass is 10.1. The molecule has 0 amide bonds. The highest BCUT2D eigenvalue weighted by Gasteiger charge is 2.27. The molecule has 0 bridgehead atoms. The van der Waals surface area contributed by atoms with Crippen LogP contribution in [0.1, 0.15) is 18.4 Å². The van der Waals surface area contributed by atoms with Gasteiger partial charge in [0.05, 0.1) is 22.4 Å². The molecule has 5 nitrogen and oxygen atoms in total. The van der Waals surface area contributed by atoms with Crippen molar-refractivity contribution in [3.8, 4) is 6.07 Å². The van der Waals surface area contributed by atoms with Crippen LogP contribution in [0.5, 0.6) is 0 Å². The zero-order valence-electron chi connectivity index (χ0n) is 12.7. The van der Waals surface area contributed by atoms with E-state index < -0.39 is 9.84 Å². The maximum atomic E-state index is 11.6. The number of fused-ring (bicyclic) bond motifs is 1. The molecule has 2 heterocycles. The number of pyridine rings is 1. The third kappa shape index (κ3) is 3.26. The Morgan fingerprint density at radius 1 is 1.30 bits per heavy atom. The average Bonchev–Trinajstić information content (AvgIpc) is 2.53. The van der Waals surface area contributed by atoms with Gasteiger partial charge in [-0.2, -0.15) is 5.26 Å². The van der Waals surface area contributed by atoms with Crippen molar-refractivity contribution in [2.75, 3.05) is 24.2 Å². The van der Waals surface area contributed by atoms with E-state index in [1.54, 1.807) is 24.3 Å². The SMILES string of the molecule is CS(=O)(=O)C1CCN(c2cc(C#N)c3cc(Cl)ccc3n2)CC1. The Bertz CT molecular complexity index is 897. The number of rotatable bonds is 2. The summed E-state index contributed by atoms with van der Waals surface area (Å²) >= 11 is 5.99. The number of halogens is 1. The highest BCUT2D eigenvalue weighted by atomic mass is 35.5. The Labute approximate surface area is 140 Å². The molecular formula is C16H16ClN3O2S. The van der Waals surface area contributed by atoms with Gasteiger partial charge < -0.3 is 4.90 Å². The Kier molecular flexibility index (Phi) is 4.17. The summed E-state index contributed by atoms with van der Waals surface area (Å²) in [6, 6.07) is 9.22. The van der Waals surface area contributed by atoms with Crippen molar-refractivity contribution >= 4 is 38.2 Å². The largest absolute Gasteiger partial charge is 0.356 e. The van der Waals surface area contributed by atoms with Gasteiger partial charge in [-0.05, 0) is 37.1 Å². The van der Waals surface area contributed by atoms with Gasteiger partial charge in [-0.15, -0.1) is 0 Å². The van der Waals surface area contributed by atoms with Crippen LogP contribution in [0.15, 0.2) is 24.3 Å². The number of hydrogen-bond acceptors (Lipinski definition) is 5. The number of benzene rings is 1. The van der Waals surface area contributed by atoms with E-state index in [9.17, 15) is 13.7 Å². The van der Waals surface area contributed by atoms with Crippen molar-refractivity contribution in [3.63, 3.8) is 0 Å². The van der Waals surface area contributed by atoms with E-state index in [0.29, 0.717) is 47.9 Å². The summed E-state index contributed by atoms with van der Waals surface area (Å²) in [6.07, 6.45) is 2.46. The Morgan fingerprint density at radius 3 is 2.61 bits per heavy atom. The van der Waals surface area contributed by atoms with Gasteiger partial charge in [-0.25, -0.2) is 13.4 Å². The van der Waals surface area contributed by atoms with Crippen molar-refractivity contribution in [1.29, 1.82) is 5.26 Å². The number of piperidine rings is 1. The first kappa shape index (κ1) is 16.0. The normalized spacial score (nSPS) is 16.5. The fourth-order valence-corrected chi connectivity index (χ4v) is 4.19. The number of hydrogen-bond donors (Lipinski definition) is 0. The van der Waals surface area contributed by atoms with Gasteiger partial charge in [0, 0.05) is 29.8 Å². The molecule has 0 N–H and O–H groups in total. The Hall–Kier alpha value is -1.84. The van der Waals surface area contributed by atoms with Crippen LogP contribution >= 0.6 is 11.6 Å². The molecule has 0 atom stereocenters. The molecule has 1 aliphatic rings. The molecule has 0 saturated carbocycles. The van der Waals surface area contributed by atoms with Crippen molar-refractivity contribution in [3.05, 3.63) is 34.9 Å². The van der Waals surface area contributed by atoms with Crippen LogP contribution in [0.3, 0.4) is 0 Å². The van der Waals surface area contributed by atoms with E-state index in [4.69, 9.17) is 11.6 Å². The van der Waals surface area contributed by atoms with E-state index in [-0.39, 0.29) is 5.25 Å². The standard InChI is InChI=1S/C16H16ClN3O2S/c1-23(21,22)13-4-6-20(7-5-13)16-8-11(10-18)14-9-12(17)2-3-15(14)19-16/h2-3,8-9,13H,4-7H2,1H3. The van der Waals surface area contributed by atoms with E-state index in [1.165, 1.54) is 6.26 Å². The summed E-state index contributed by atoms with van der Waals surface area (Å²) < 4.78 is 23.3. The second kappa shape index (κ2) is 5.99. The lowest BCUT2D eigenvalue weighted by Crippen LogP contribution is -2.39. The topological polar surface area (TPSA) is 74.1 Å². The van der Waals surface area contributed by atoms with E-state index in [1.807, 2.05) is 4.90 Å². The third-order valence-corrected chi connectivity index (χ3v) is 6.17. The fraction of sp³-hybridized carbons (Fsp3) is 0.375.